The van der Waals surface area contributed by atoms with Gasteiger partial charge in [-0.2, -0.15) is 5.10 Å². The van der Waals surface area contributed by atoms with E-state index in [4.69, 9.17) is 4.74 Å². The van der Waals surface area contributed by atoms with E-state index in [0.717, 1.165) is 20.2 Å². The fourth-order valence-corrected chi connectivity index (χ4v) is 3.23. The van der Waals surface area contributed by atoms with Crippen molar-refractivity contribution in [2.24, 2.45) is 5.10 Å². The zero-order valence-electron chi connectivity index (χ0n) is 11.9. The highest BCUT2D eigenvalue weighted by molar-refractivity contribution is 9.11. The Morgan fingerprint density at radius 2 is 2.00 bits per heavy atom. The summed E-state index contributed by atoms with van der Waals surface area (Å²) in [6.45, 7) is 1.86. The minimum Gasteiger partial charge on any atom is -0.494 e. The highest BCUT2D eigenvalue weighted by Gasteiger charge is 2.07. The van der Waals surface area contributed by atoms with E-state index in [1.54, 1.807) is 25.5 Å². The summed E-state index contributed by atoms with van der Waals surface area (Å²) in [5, 5.41) is 3.94. The molecule has 0 spiro atoms. The third-order valence-corrected chi connectivity index (χ3v) is 3.96. The lowest BCUT2D eigenvalue weighted by Crippen LogP contribution is -2.17. The van der Waals surface area contributed by atoms with Crippen LogP contribution >= 0.6 is 31.9 Å². The van der Waals surface area contributed by atoms with Crippen molar-refractivity contribution < 1.29 is 9.53 Å². The molecule has 0 aliphatic heterocycles. The molecular formula is C15H13Br2N3O2. The number of carbonyl (C=O) groups is 1. The lowest BCUT2D eigenvalue weighted by molar-refractivity contribution is 0.0955. The third kappa shape index (κ3) is 4.14. The number of ether oxygens (including phenoxy) is 1. The first-order valence-electron chi connectivity index (χ1n) is 6.30. The van der Waals surface area contributed by atoms with E-state index >= 15 is 0 Å². The molecule has 7 heteroatoms. The maximum Gasteiger partial charge on any atom is 0.272 e. The van der Waals surface area contributed by atoms with Crippen LogP contribution in [0.5, 0.6) is 5.75 Å². The summed E-state index contributed by atoms with van der Waals surface area (Å²) in [7, 11) is 1.59. The van der Waals surface area contributed by atoms with Crippen molar-refractivity contribution >= 4 is 44.0 Å². The summed E-state index contributed by atoms with van der Waals surface area (Å²) in [5.41, 5.74) is 4.58. The Morgan fingerprint density at radius 1 is 1.32 bits per heavy atom. The maximum absolute atomic E-state index is 11.9. The van der Waals surface area contributed by atoms with Gasteiger partial charge in [-0.15, -0.1) is 0 Å². The molecule has 2 rings (SSSR count). The molecule has 0 radical (unpaired) electrons. The second-order valence-corrected chi connectivity index (χ2v) is 6.11. The van der Waals surface area contributed by atoms with Crippen molar-refractivity contribution in [3.05, 3.63) is 56.2 Å². The summed E-state index contributed by atoms with van der Waals surface area (Å²) in [6, 6.07) is 7.16. The van der Waals surface area contributed by atoms with Crippen molar-refractivity contribution in [3.63, 3.8) is 0 Å². The number of nitrogens with zero attached hydrogens (tertiary/aromatic N) is 2. The van der Waals surface area contributed by atoms with Gasteiger partial charge >= 0.3 is 0 Å². The average Bonchev–Trinajstić information content (AvgIpc) is 2.47. The van der Waals surface area contributed by atoms with Gasteiger partial charge in [-0.25, -0.2) is 5.43 Å². The molecule has 0 aliphatic carbocycles. The molecule has 0 atom stereocenters. The number of nitrogens with one attached hydrogen (secondary N) is 1. The summed E-state index contributed by atoms with van der Waals surface area (Å²) in [5.74, 6) is 0.391. The number of benzene rings is 1. The molecule has 5 nitrogen and oxygen atoms in total. The predicted molar refractivity (Wildman–Crippen MR) is 92.4 cm³/mol. The molecule has 1 heterocycles. The van der Waals surface area contributed by atoms with E-state index in [-0.39, 0.29) is 5.91 Å². The molecule has 1 amide bonds. The van der Waals surface area contributed by atoms with Gasteiger partial charge in [0.05, 0.1) is 27.8 Å². The topological polar surface area (TPSA) is 63.6 Å². The van der Waals surface area contributed by atoms with Gasteiger partial charge in [0, 0.05) is 11.9 Å². The van der Waals surface area contributed by atoms with Crippen LogP contribution in [0.25, 0.3) is 0 Å². The van der Waals surface area contributed by atoms with E-state index in [2.05, 4.69) is 47.4 Å². The van der Waals surface area contributed by atoms with Gasteiger partial charge in [0.25, 0.3) is 5.91 Å². The van der Waals surface area contributed by atoms with Gasteiger partial charge in [0.1, 0.15) is 5.75 Å². The van der Waals surface area contributed by atoms with E-state index in [1.165, 1.54) is 6.20 Å². The summed E-state index contributed by atoms with van der Waals surface area (Å²) >= 11 is 6.82. The molecular weight excluding hydrogens is 414 g/mol. The number of amides is 1. The quantitative estimate of drug-likeness (QED) is 0.599. The Bertz CT molecular complexity index is 692. The molecule has 0 saturated heterocycles. The van der Waals surface area contributed by atoms with Gasteiger partial charge in [0.15, 0.2) is 0 Å². The first-order chi connectivity index (χ1) is 10.5. The van der Waals surface area contributed by atoms with E-state index in [1.807, 2.05) is 19.1 Å². The van der Waals surface area contributed by atoms with Crippen molar-refractivity contribution in [1.29, 1.82) is 0 Å². The van der Waals surface area contributed by atoms with Crippen LogP contribution in [0.4, 0.5) is 0 Å². The number of rotatable bonds is 4. The third-order valence-electron chi connectivity index (χ3n) is 2.78. The fourth-order valence-electron chi connectivity index (χ4n) is 1.68. The summed E-state index contributed by atoms with van der Waals surface area (Å²) < 4.78 is 6.81. The largest absolute Gasteiger partial charge is 0.494 e. The van der Waals surface area contributed by atoms with Gasteiger partial charge < -0.3 is 4.74 Å². The van der Waals surface area contributed by atoms with Crippen LogP contribution in [0.3, 0.4) is 0 Å². The predicted octanol–water partition coefficient (Wildman–Crippen LogP) is 3.69. The molecule has 1 N–H and O–H groups in total. The van der Waals surface area contributed by atoms with Crippen LogP contribution in [0.1, 0.15) is 21.6 Å². The minimum absolute atomic E-state index is 0.310. The van der Waals surface area contributed by atoms with Crippen molar-refractivity contribution in [2.75, 3.05) is 7.11 Å². The molecule has 114 valence electrons. The van der Waals surface area contributed by atoms with Crippen molar-refractivity contribution in [3.8, 4) is 5.75 Å². The number of hydrogen-bond donors (Lipinski definition) is 1. The van der Waals surface area contributed by atoms with Crippen molar-refractivity contribution in [1.82, 2.24) is 10.4 Å². The van der Waals surface area contributed by atoms with Crippen LogP contribution in [0, 0.1) is 6.92 Å². The number of methoxy groups -OCH3 is 1. The lowest BCUT2D eigenvalue weighted by atomic mass is 10.2. The molecule has 22 heavy (non-hydrogen) atoms. The molecule has 0 aliphatic rings. The second kappa shape index (κ2) is 7.51. The number of aromatic nitrogens is 1. The molecule has 0 bridgehead atoms. The first kappa shape index (κ1) is 16.6. The van der Waals surface area contributed by atoms with Crippen LogP contribution < -0.4 is 10.2 Å². The smallest absolute Gasteiger partial charge is 0.272 e. The SMILES string of the molecule is COc1c(Br)cc(/C=N\NC(=O)c2ccc(C)nc2)cc1Br. The van der Waals surface area contributed by atoms with Crippen LogP contribution in [-0.4, -0.2) is 24.2 Å². The zero-order chi connectivity index (χ0) is 16.1. The highest BCUT2D eigenvalue weighted by Crippen LogP contribution is 2.33. The molecule has 0 saturated carbocycles. The Labute approximate surface area is 145 Å². The number of carbonyl (C=O) groups excluding carboxylic acids is 1. The molecule has 1 aromatic heterocycles. The maximum atomic E-state index is 11.9. The number of hydrazone groups is 1. The lowest BCUT2D eigenvalue weighted by Gasteiger charge is -2.06. The Balaban J connectivity index is 2.06. The summed E-state index contributed by atoms with van der Waals surface area (Å²) in [4.78, 5) is 15.9. The van der Waals surface area contributed by atoms with Crippen LogP contribution in [0.2, 0.25) is 0 Å². The monoisotopic (exact) mass is 425 g/mol. The van der Waals surface area contributed by atoms with E-state index in [0.29, 0.717) is 11.3 Å². The Hall–Kier alpha value is -1.73. The van der Waals surface area contributed by atoms with Crippen LogP contribution in [-0.2, 0) is 0 Å². The molecule has 0 fully saturated rings. The van der Waals surface area contributed by atoms with Gasteiger partial charge in [-0.1, -0.05) is 0 Å². The van der Waals surface area contributed by atoms with Gasteiger partial charge in [-0.05, 0) is 68.6 Å². The van der Waals surface area contributed by atoms with Gasteiger partial charge in [-0.3, -0.25) is 9.78 Å². The molecule has 2 aromatic rings. The number of halogens is 2. The number of pyridine rings is 1. The van der Waals surface area contributed by atoms with Crippen molar-refractivity contribution in [2.45, 2.75) is 6.92 Å². The summed E-state index contributed by atoms with van der Waals surface area (Å²) in [6.07, 6.45) is 3.06. The normalized spacial score (nSPS) is 10.7. The Kier molecular flexibility index (Phi) is 5.68. The van der Waals surface area contributed by atoms with Crippen LogP contribution in [0.15, 0.2) is 44.5 Å². The number of hydrogen-bond acceptors (Lipinski definition) is 4. The average molecular weight is 427 g/mol. The molecule has 0 unspecified atom stereocenters. The Morgan fingerprint density at radius 3 is 2.55 bits per heavy atom. The van der Waals surface area contributed by atoms with E-state index in [9.17, 15) is 4.79 Å². The minimum atomic E-state index is -0.310. The first-order valence-corrected chi connectivity index (χ1v) is 7.89. The highest BCUT2D eigenvalue weighted by atomic mass is 79.9. The van der Waals surface area contributed by atoms with Gasteiger partial charge in [0.2, 0.25) is 0 Å². The second-order valence-electron chi connectivity index (χ2n) is 4.41. The standard InChI is InChI=1S/C15H13Br2N3O2/c1-9-3-4-11(8-18-9)15(21)20-19-7-10-5-12(16)14(22-2)13(17)6-10/h3-8H,1-2H3,(H,20,21)/b19-7-. The zero-order valence-corrected chi connectivity index (χ0v) is 15.1. The molecule has 1 aromatic carbocycles. The fraction of sp³-hybridized carbons (Fsp3) is 0.133. The number of aryl methyl sites for hydroxylation is 1. The van der Waals surface area contributed by atoms with E-state index < -0.39 is 0 Å².